The molecule has 9 nitrogen and oxygen atoms in total. The van der Waals surface area contributed by atoms with Crippen molar-refractivity contribution in [1.82, 2.24) is 13.5 Å². The van der Waals surface area contributed by atoms with E-state index < -0.39 is 23.9 Å². The lowest BCUT2D eigenvalue weighted by molar-refractivity contribution is 0.0834. The number of rotatable bonds is 10. The van der Waals surface area contributed by atoms with Gasteiger partial charge in [-0.05, 0) is 67.9 Å². The zero-order valence-electron chi connectivity index (χ0n) is 25.1. The Morgan fingerprint density at radius 2 is 1.77 bits per heavy atom. The summed E-state index contributed by atoms with van der Waals surface area (Å²) in [6, 6.07) is 18.1. The number of aromatic nitrogens is 3. The van der Waals surface area contributed by atoms with Crippen molar-refractivity contribution in [2.24, 2.45) is 0 Å². The second-order valence-electron chi connectivity index (χ2n) is 11.8. The van der Waals surface area contributed by atoms with E-state index >= 15 is 0 Å². The van der Waals surface area contributed by atoms with Crippen LogP contribution in [0, 0.1) is 25.2 Å². The summed E-state index contributed by atoms with van der Waals surface area (Å²) in [5.74, 6) is -0.0389. The highest BCUT2D eigenvalue weighted by atomic mass is 32.2. The number of ketones is 1. The number of imidazole rings is 1. The van der Waals surface area contributed by atoms with E-state index in [-0.39, 0.29) is 23.0 Å². The molecule has 5 aromatic rings. The summed E-state index contributed by atoms with van der Waals surface area (Å²) >= 11 is 0. The highest BCUT2D eigenvalue weighted by Crippen LogP contribution is 2.36. The molecule has 0 aliphatic heterocycles. The molecule has 3 aromatic carbocycles. The van der Waals surface area contributed by atoms with Crippen LogP contribution < -0.4 is 4.74 Å². The number of methoxy groups -OCH3 is 1. The molecule has 0 amide bonds. The molecular formula is C32H34N4O5SSi. The molecule has 0 saturated heterocycles. The number of aryl methyl sites for hydroxylation is 2. The fraction of sp³-hybridized carbons (Fsp3) is 0.281. The first-order valence-corrected chi connectivity index (χ1v) is 19.0. The predicted octanol–water partition coefficient (Wildman–Crippen LogP) is 6.27. The van der Waals surface area contributed by atoms with Crippen LogP contribution >= 0.6 is 0 Å². The second kappa shape index (κ2) is 11.4. The Morgan fingerprint density at radius 3 is 2.42 bits per heavy atom. The van der Waals surface area contributed by atoms with Gasteiger partial charge in [0.1, 0.15) is 12.5 Å². The van der Waals surface area contributed by atoms with Crippen molar-refractivity contribution in [3.8, 4) is 11.8 Å². The first-order chi connectivity index (χ1) is 20.4. The van der Waals surface area contributed by atoms with E-state index in [1.54, 1.807) is 66.1 Å². The minimum absolute atomic E-state index is 0.0665. The van der Waals surface area contributed by atoms with E-state index in [1.165, 1.54) is 17.3 Å². The number of carbonyl (C=O) groups is 1. The van der Waals surface area contributed by atoms with Crippen molar-refractivity contribution in [1.29, 1.82) is 5.26 Å². The van der Waals surface area contributed by atoms with Crippen molar-refractivity contribution in [2.45, 2.75) is 51.2 Å². The third-order valence-electron chi connectivity index (χ3n) is 7.41. The van der Waals surface area contributed by atoms with Gasteiger partial charge in [-0.2, -0.15) is 5.26 Å². The molecule has 11 heteroatoms. The van der Waals surface area contributed by atoms with Gasteiger partial charge in [0, 0.05) is 26.3 Å². The van der Waals surface area contributed by atoms with Gasteiger partial charge in [-0.15, -0.1) is 0 Å². The van der Waals surface area contributed by atoms with Crippen LogP contribution in [0.25, 0.3) is 21.9 Å². The first-order valence-electron chi connectivity index (χ1n) is 13.9. The Labute approximate surface area is 252 Å². The molecule has 43 heavy (non-hydrogen) atoms. The summed E-state index contributed by atoms with van der Waals surface area (Å²) in [6.07, 6.45) is 1.46. The average molecular weight is 615 g/mol. The predicted molar refractivity (Wildman–Crippen MR) is 169 cm³/mol. The van der Waals surface area contributed by atoms with Gasteiger partial charge in [-0.3, -0.25) is 9.36 Å². The zero-order valence-corrected chi connectivity index (χ0v) is 26.9. The van der Waals surface area contributed by atoms with E-state index in [4.69, 9.17) is 9.47 Å². The van der Waals surface area contributed by atoms with Crippen LogP contribution in [0.2, 0.25) is 25.7 Å². The third-order valence-corrected chi connectivity index (χ3v) is 10.8. The highest BCUT2D eigenvalue weighted by molar-refractivity contribution is 7.90. The van der Waals surface area contributed by atoms with Crippen molar-refractivity contribution in [3.05, 3.63) is 88.9 Å². The first kappa shape index (κ1) is 30.2. The largest absolute Gasteiger partial charge is 0.496 e. The average Bonchev–Trinajstić information content (AvgIpc) is 3.57. The smallest absolute Gasteiger partial charge is 0.268 e. The molecule has 5 rings (SSSR count). The minimum Gasteiger partial charge on any atom is -0.496 e. The van der Waals surface area contributed by atoms with E-state index in [0.29, 0.717) is 45.4 Å². The number of nitrogens with zero attached hydrogens (tertiary/aromatic N) is 4. The van der Waals surface area contributed by atoms with E-state index in [2.05, 4.69) is 30.7 Å². The topological polar surface area (TPSA) is 116 Å². The van der Waals surface area contributed by atoms with Gasteiger partial charge in [-0.25, -0.2) is 17.4 Å². The van der Waals surface area contributed by atoms with Crippen LogP contribution in [0.1, 0.15) is 32.9 Å². The molecule has 0 N–H and O–H groups in total. The summed E-state index contributed by atoms with van der Waals surface area (Å²) in [5, 5.41) is 9.95. The lowest BCUT2D eigenvalue weighted by Crippen LogP contribution is -2.22. The maximum absolute atomic E-state index is 14.4. The van der Waals surface area contributed by atoms with E-state index in [1.807, 2.05) is 6.92 Å². The van der Waals surface area contributed by atoms with Crippen molar-refractivity contribution >= 4 is 45.8 Å². The number of hydrogen-bond donors (Lipinski definition) is 0. The minimum atomic E-state index is -3.96. The van der Waals surface area contributed by atoms with E-state index in [0.717, 1.165) is 11.6 Å². The Balaban J connectivity index is 1.67. The summed E-state index contributed by atoms with van der Waals surface area (Å²) in [6.45, 7) is 11.0. The zero-order chi connectivity index (χ0) is 31.1. The van der Waals surface area contributed by atoms with Gasteiger partial charge >= 0.3 is 0 Å². The Kier molecular flexibility index (Phi) is 8.05. The Hall–Kier alpha value is -4.24. The van der Waals surface area contributed by atoms with Gasteiger partial charge in [0.2, 0.25) is 5.78 Å². The summed E-state index contributed by atoms with van der Waals surface area (Å²) in [7, 11) is -3.84. The number of benzene rings is 3. The molecule has 2 aromatic heterocycles. The van der Waals surface area contributed by atoms with Crippen LogP contribution in [-0.2, 0) is 21.5 Å². The molecule has 0 fully saturated rings. The Morgan fingerprint density at radius 1 is 1.05 bits per heavy atom. The molecule has 0 aliphatic rings. The van der Waals surface area contributed by atoms with Gasteiger partial charge in [0.05, 0.1) is 45.8 Å². The third kappa shape index (κ3) is 5.73. The molecule has 0 spiro atoms. The number of nitriles is 1. The SMILES string of the molecule is COc1cc(C)c2c(ccn2S(=O)(=O)c2ccc(C)cc2)c1C(=O)c1nc2ccc(C#N)cc2n1COCC[Si](C)(C)C. The van der Waals surface area contributed by atoms with Gasteiger partial charge in [0.25, 0.3) is 10.0 Å². The second-order valence-corrected chi connectivity index (χ2v) is 19.3. The van der Waals surface area contributed by atoms with Crippen LogP contribution in [0.4, 0.5) is 0 Å². The summed E-state index contributed by atoms with van der Waals surface area (Å²) in [4.78, 5) is 19.2. The van der Waals surface area contributed by atoms with Gasteiger partial charge in [-0.1, -0.05) is 37.3 Å². The Bertz CT molecular complexity index is 2010. The van der Waals surface area contributed by atoms with Crippen molar-refractivity contribution in [2.75, 3.05) is 13.7 Å². The molecule has 0 bridgehead atoms. The van der Waals surface area contributed by atoms with Gasteiger partial charge in [0.15, 0.2) is 5.82 Å². The lowest BCUT2D eigenvalue weighted by Gasteiger charge is -2.17. The molecule has 0 atom stereocenters. The number of hydrogen-bond acceptors (Lipinski definition) is 7. The molecule has 0 radical (unpaired) electrons. The quantitative estimate of drug-likeness (QED) is 0.103. The van der Waals surface area contributed by atoms with Crippen molar-refractivity contribution < 1.29 is 22.7 Å². The molecule has 0 aliphatic carbocycles. The van der Waals surface area contributed by atoms with Crippen LogP contribution in [0.3, 0.4) is 0 Å². The number of ether oxygens (including phenoxy) is 2. The normalized spacial score (nSPS) is 12.1. The monoisotopic (exact) mass is 614 g/mol. The van der Waals surface area contributed by atoms with Crippen LogP contribution in [0.5, 0.6) is 5.75 Å². The number of carbonyl (C=O) groups excluding carboxylic acids is 1. The lowest BCUT2D eigenvalue weighted by atomic mass is 10.0. The van der Waals surface area contributed by atoms with Crippen molar-refractivity contribution in [3.63, 3.8) is 0 Å². The molecule has 0 unspecified atom stereocenters. The molecule has 0 saturated carbocycles. The standard InChI is InChI=1S/C32H34N4O5SSi/c1-21-7-10-24(11-8-21)42(38,39)36-14-13-25-29(28(40-3)17-22(2)30(25)36)31(37)32-34-26-12-9-23(19-33)18-27(26)35(32)20-41-15-16-43(4,5)6/h7-14,17-18H,15-16,20H2,1-6H3. The maximum Gasteiger partial charge on any atom is 0.268 e. The fourth-order valence-corrected chi connectivity index (χ4v) is 7.20. The molecule has 222 valence electrons. The highest BCUT2D eigenvalue weighted by Gasteiger charge is 2.29. The molecular weight excluding hydrogens is 581 g/mol. The van der Waals surface area contributed by atoms with Crippen LogP contribution in [-0.4, -0.2) is 49.5 Å². The van der Waals surface area contributed by atoms with Gasteiger partial charge < -0.3 is 9.47 Å². The maximum atomic E-state index is 14.4. The van der Waals surface area contributed by atoms with Crippen LogP contribution in [0.15, 0.2) is 65.7 Å². The fourth-order valence-electron chi connectivity index (χ4n) is 5.03. The number of fused-ring (bicyclic) bond motifs is 2. The summed E-state index contributed by atoms with van der Waals surface area (Å²) in [5.41, 5.74) is 3.72. The van der Waals surface area contributed by atoms with E-state index in [9.17, 15) is 18.5 Å². The summed E-state index contributed by atoms with van der Waals surface area (Å²) < 4.78 is 42.0. The molecule has 2 heterocycles.